The zero-order chi connectivity index (χ0) is 25.3. The molecule has 0 atom stereocenters. The molecule has 0 unspecified atom stereocenters. The van der Waals surface area contributed by atoms with Crippen LogP contribution in [0.15, 0.2) is 25.0 Å². The standard InChI is InChI=1S/C27H50N2O4S/c1-5-7-8-9-10-11-12-13-14-15-16-17-18-19-20-21-26(30)33-25-29(24-32-6-2)27(31)34-23-22-28(3)4/h6,13-14H,2,5,7-12,15-25H2,1,3-4H3/b14-13-. The highest BCUT2D eigenvalue weighted by atomic mass is 32.2. The van der Waals surface area contributed by atoms with Crippen molar-refractivity contribution in [3.63, 3.8) is 0 Å². The number of carbonyl (C=O) groups is 2. The summed E-state index contributed by atoms with van der Waals surface area (Å²) in [5.41, 5.74) is 0. The van der Waals surface area contributed by atoms with E-state index in [-0.39, 0.29) is 24.7 Å². The van der Waals surface area contributed by atoms with E-state index in [1.54, 1.807) is 0 Å². The molecule has 0 fully saturated rings. The summed E-state index contributed by atoms with van der Waals surface area (Å²) in [6, 6.07) is 0. The molecule has 0 aromatic rings. The Hall–Kier alpha value is -1.47. The van der Waals surface area contributed by atoms with Crippen LogP contribution in [0, 0.1) is 0 Å². The fourth-order valence-electron chi connectivity index (χ4n) is 3.25. The molecule has 0 bridgehead atoms. The van der Waals surface area contributed by atoms with E-state index in [0.717, 1.165) is 32.2 Å². The maximum atomic E-state index is 12.3. The van der Waals surface area contributed by atoms with Crippen LogP contribution >= 0.6 is 11.8 Å². The Bertz CT molecular complexity index is 541. The second-order valence-electron chi connectivity index (χ2n) is 8.90. The van der Waals surface area contributed by atoms with Gasteiger partial charge in [0.1, 0.15) is 0 Å². The van der Waals surface area contributed by atoms with Gasteiger partial charge in [0, 0.05) is 18.7 Å². The largest absolute Gasteiger partial charge is 0.481 e. The van der Waals surface area contributed by atoms with E-state index in [4.69, 9.17) is 9.47 Å². The van der Waals surface area contributed by atoms with Crippen LogP contribution in [0.3, 0.4) is 0 Å². The smallest absolute Gasteiger partial charge is 0.307 e. The van der Waals surface area contributed by atoms with Crippen LogP contribution in [0.5, 0.6) is 0 Å². The van der Waals surface area contributed by atoms with Gasteiger partial charge in [-0.05, 0) is 46.2 Å². The van der Waals surface area contributed by atoms with Gasteiger partial charge >= 0.3 is 5.97 Å². The zero-order valence-electron chi connectivity index (χ0n) is 22.1. The molecule has 198 valence electrons. The number of thioether (sulfide) groups is 1. The van der Waals surface area contributed by atoms with Gasteiger partial charge in [0.2, 0.25) is 0 Å². The number of rotatable bonds is 23. The molecule has 0 aliphatic rings. The maximum absolute atomic E-state index is 12.3. The number of nitrogens with zero attached hydrogens (tertiary/aromatic N) is 2. The van der Waals surface area contributed by atoms with Gasteiger partial charge in [-0.25, -0.2) is 0 Å². The molecule has 0 aromatic heterocycles. The highest BCUT2D eigenvalue weighted by Gasteiger charge is 2.16. The topological polar surface area (TPSA) is 59.1 Å². The summed E-state index contributed by atoms with van der Waals surface area (Å²) in [5.74, 6) is 0.395. The molecule has 0 saturated heterocycles. The lowest BCUT2D eigenvalue weighted by Gasteiger charge is -2.21. The molecule has 0 aliphatic heterocycles. The molecule has 0 aliphatic carbocycles. The number of carbonyl (C=O) groups excluding carboxylic acids is 2. The SMILES string of the molecule is C=COCN(COC(=O)CCCCCCC/C=C\CCCCCCCC)C(=O)SCCN(C)C. The molecule has 0 N–H and O–H groups in total. The molecular formula is C27H50N2O4S. The second-order valence-corrected chi connectivity index (χ2v) is 9.95. The van der Waals surface area contributed by atoms with Crippen molar-refractivity contribution in [2.45, 2.75) is 96.8 Å². The molecule has 0 rings (SSSR count). The van der Waals surface area contributed by atoms with Gasteiger partial charge in [0.15, 0.2) is 13.5 Å². The number of esters is 1. The van der Waals surface area contributed by atoms with Crippen molar-refractivity contribution in [3.8, 4) is 0 Å². The first kappa shape index (κ1) is 32.5. The van der Waals surface area contributed by atoms with Crippen LogP contribution < -0.4 is 0 Å². The van der Waals surface area contributed by atoms with Crippen molar-refractivity contribution >= 4 is 23.0 Å². The summed E-state index contributed by atoms with van der Waals surface area (Å²) >= 11 is 1.19. The molecule has 0 aromatic carbocycles. The first-order valence-corrected chi connectivity index (χ1v) is 14.1. The minimum atomic E-state index is -0.271. The lowest BCUT2D eigenvalue weighted by atomic mass is 10.1. The Morgan fingerprint density at radius 3 is 2.03 bits per heavy atom. The van der Waals surface area contributed by atoms with Gasteiger partial charge in [-0.2, -0.15) is 0 Å². The number of unbranched alkanes of at least 4 members (excludes halogenated alkanes) is 11. The van der Waals surface area contributed by atoms with Crippen LogP contribution in [0.25, 0.3) is 0 Å². The predicted molar refractivity (Wildman–Crippen MR) is 145 cm³/mol. The summed E-state index contributed by atoms with van der Waals surface area (Å²) in [6.07, 6.45) is 22.2. The quantitative estimate of drug-likeness (QED) is 0.0482. The molecule has 7 heteroatoms. The fourth-order valence-corrected chi connectivity index (χ4v) is 4.17. The molecule has 0 spiro atoms. The van der Waals surface area contributed by atoms with E-state index >= 15 is 0 Å². The molecule has 0 heterocycles. The monoisotopic (exact) mass is 498 g/mol. The van der Waals surface area contributed by atoms with Crippen LogP contribution in [0.1, 0.15) is 96.8 Å². The Balaban J connectivity index is 3.75. The van der Waals surface area contributed by atoms with Crippen molar-refractivity contribution in [2.75, 3.05) is 39.9 Å². The Kier molecular flexibility index (Phi) is 23.6. The third-order valence-corrected chi connectivity index (χ3v) is 6.29. The van der Waals surface area contributed by atoms with Crippen molar-refractivity contribution in [2.24, 2.45) is 0 Å². The highest BCUT2D eigenvalue weighted by molar-refractivity contribution is 8.13. The van der Waals surface area contributed by atoms with Gasteiger partial charge in [0.05, 0.1) is 6.26 Å². The van der Waals surface area contributed by atoms with E-state index in [9.17, 15) is 9.59 Å². The number of hydrogen-bond acceptors (Lipinski definition) is 6. The number of allylic oxidation sites excluding steroid dienone is 2. The lowest BCUT2D eigenvalue weighted by Crippen LogP contribution is -2.33. The molecule has 1 amide bonds. The normalized spacial score (nSPS) is 11.2. The van der Waals surface area contributed by atoms with E-state index in [1.807, 2.05) is 19.0 Å². The summed E-state index contributed by atoms with van der Waals surface area (Å²) in [5, 5.41) is -0.169. The summed E-state index contributed by atoms with van der Waals surface area (Å²) in [7, 11) is 3.92. The number of ether oxygens (including phenoxy) is 2. The fraction of sp³-hybridized carbons (Fsp3) is 0.778. The van der Waals surface area contributed by atoms with Gasteiger partial charge in [-0.15, -0.1) is 0 Å². The van der Waals surface area contributed by atoms with Crippen molar-refractivity contribution < 1.29 is 19.1 Å². The zero-order valence-corrected chi connectivity index (χ0v) is 22.9. The number of hydrogen-bond donors (Lipinski definition) is 0. The third-order valence-electron chi connectivity index (χ3n) is 5.39. The van der Waals surface area contributed by atoms with Gasteiger partial charge in [0.25, 0.3) is 5.24 Å². The van der Waals surface area contributed by atoms with E-state index < -0.39 is 0 Å². The van der Waals surface area contributed by atoms with Crippen molar-refractivity contribution in [3.05, 3.63) is 25.0 Å². The molecule has 0 radical (unpaired) electrons. The highest BCUT2D eigenvalue weighted by Crippen LogP contribution is 2.12. The average Bonchev–Trinajstić information content (AvgIpc) is 2.81. The first-order valence-electron chi connectivity index (χ1n) is 13.1. The Morgan fingerprint density at radius 1 is 0.853 bits per heavy atom. The van der Waals surface area contributed by atoms with Crippen molar-refractivity contribution in [1.82, 2.24) is 9.80 Å². The minimum Gasteiger partial charge on any atom is -0.481 e. The number of amides is 1. The van der Waals surface area contributed by atoms with E-state index in [0.29, 0.717) is 12.2 Å². The van der Waals surface area contributed by atoms with Gasteiger partial charge in [-0.1, -0.05) is 88.8 Å². The van der Waals surface area contributed by atoms with E-state index in [1.165, 1.54) is 80.7 Å². The van der Waals surface area contributed by atoms with Crippen LogP contribution in [0.2, 0.25) is 0 Å². The van der Waals surface area contributed by atoms with Crippen LogP contribution in [0.4, 0.5) is 4.79 Å². The summed E-state index contributed by atoms with van der Waals surface area (Å²) in [6.45, 7) is 6.48. The summed E-state index contributed by atoms with van der Waals surface area (Å²) < 4.78 is 10.4. The Labute approximate surface area is 213 Å². The maximum Gasteiger partial charge on any atom is 0.307 e. The molecule has 0 saturated carbocycles. The van der Waals surface area contributed by atoms with Crippen LogP contribution in [-0.4, -0.2) is 60.9 Å². The van der Waals surface area contributed by atoms with E-state index in [2.05, 4.69) is 25.7 Å². The second kappa shape index (κ2) is 24.6. The van der Waals surface area contributed by atoms with Crippen molar-refractivity contribution in [1.29, 1.82) is 0 Å². The van der Waals surface area contributed by atoms with Gasteiger partial charge < -0.3 is 14.4 Å². The average molecular weight is 499 g/mol. The summed E-state index contributed by atoms with van der Waals surface area (Å²) in [4.78, 5) is 27.7. The molecular weight excluding hydrogens is 448 g/mol. The first-order chi connectivity index (χ1) is 16.5. The predicted octanol–water partition coefficient (Wildman–Crippen LogP) is 7.36. The lowest BCUT2D eigenvalue weighted by molar-refractivity contribution is -0.148. The molecule has 34 heavy (non-hydrogen) atoms. The minimum absolute atomic E-state index is 0.0258. The van der Waals surface area contributed by atoms with Gasteiger partial charge in [-0.3, -0.25) is 14.5 Å². The van der Waals surface area contributed by atoms with Crippen LogP contribution in [-0.2, 0) is 14.3 Å². The molecule has 6 nitrogen and oxygen atoms in total. The third kappa shape index (κ3) is 22.3. The Morgan fingerprint density at radius 2 is 1.44 bits per heavy atom.